The van der Waals surface area contributed by atoms with Crippen LogP contribution in [0, 0.1) is 11.9 Å². The van der Waals surface area contributed by atoms with Crippen LogP contribution in [0.2, 0.25) is 0 Å². The number of rotatable bonds is 2. The molecule has 0 bridgehead atoms. The number of ether oxygens (including phenoxy) is 1. The van der Waals surface area contributed by atoms with E-state index >= 15 is 0 Å². The summed E-state index contributed by atoms with van der Waals surface area (Å²) in [4.78, 5) is 19.3. The molecule has 6 nitrogen and oxygen atoms in total. The molecule has 3 rings (SSSR count). The van der Waals surface area contributed by atoms with Gasteiger partial charge in [-0.2, -0.15) is 4.39 Å². The second-order valence-electron chi connectivity index (χ2n) is 5.04. The number of carbonyl (C=O) groups is 1. The highest BCUT2D eigenvalue weighted by Crippen LogP contribution is 2.37. The lowest BCUT2D eigenvalue weighted by atomic mass is 10.1. The van der Waals surface area contributed by atoms with Crippen molar-refractivity contribution >= 4 is 22.8 Å². The highest BCUT2D eigenvalue weighted by Gasteiger charge is 2.32. The van der Waals surface area contributed by atoms with E-state index in [0.29, 0.717) is 17.5 Å². The van der Waals surface area contributed by atoms with Crippen LogP contribution in [0.3, 0.4) is 0 Å². The number of anilines is 1. The van der Waals surface area contributed by atoms with Gasteiger partial charge in [0.25, 0.3) is 0 Å². The highest BCUT2D eigenvalue weighted by atomic mass is 19.1. The monoisotopic (exact) mass is 278 g/mol. The van der Waals surface area contributed by atoms with Crippen molar-refractivity contribution < 1.29 is 13.9 Å². The van der Waals surface area contributed by atoms with E-state index in [0.717, 1.165) is 12.8 Å². The highest BCUT2D eigenvalue weighted by molar-refractivity contribution is 5.84. The number of imidazole rings is 1. The van der Waals surface area contributed by atoms with E-state index in [1.54, 1.807) is 6.33 Å². The fourth-order valence-corrected chi connectivity index (χ4v) is 2.91. The van der Waals surface area contributed by atoms with Crippen molar-refractivity contribution in [1.82, 2.24) is 14.5 Å². The van der Waals surface area contributed by atoms with Gasteiger partial charge in [0.15, 0.2) is 5.82 Å². The molecular formula is C13H15FN4O2. The van der Waals surface area contributed by atoms with E-state index in [1.807, 2.05) is 4.57 Å². The molecule has 1 fully saturated rings. The number of pyridine rings is 1. The number of hydrogen-bond acceptors (Lipinski definition) is 5. The molecular weight excluding hydrogens is 263 g/mol. The summed E-state index contributed by atoms with van der Waals surface area (Å²) >= 11 is 0. The Morgan fingerprint density at radius 3 is 3.10 bits per heavy atom. The topological polar surface area (TPSA) is 83.0 Å². The normalized spacial score (nSPS) is 22.3. The predicted molar refractivity (Wildman–Crippen MR) is 70.3 cm³/mol. The van der Waals surface area contributed by atoms with Crippen LogP contribution in [-0.4, -0.2) is 27.6 Å². The number of nitrogens with zero attached hydrogens (tertiary/aromatic N) is 3. The van der Waals surface area contributed by atoms with Crippen LogP contribution < -0.4 is 5.73 Å². The maximum Gasteiger partial charge on any atom is 0.308 e. The van der Waals surface area contributed by atoms with Crippen molar-refractivity contribution in [1.29, 1.82) is 0 Å². The zero-order valence-electron chi connectivity index (χ0n) is 11.0. The molecule has 2 atom stereocenters. The minimum Gasteiger partial charge on any atom is -0.469 e. The van der Waals surface area contributed by atoms with Crippen molar-refractivity contribution in [3.05, 3.63) is 18.3 Å². The Balaban J connectivity index is 1.94. The molecule has 2 N–H and O–H groups in total. The van der Waals surface area contributed by atoms with E-state index < -0.39 is 5.95 Å². The van der Waals surface area contributed by atoms with Gasteiger partial charge in [-0.25, -0.2) is 9.97 Å². The van der Waals surface area contributed by atoms with Crippen molar-refractivity contribution in [2.24, 2.45) is 5.92 Å². The van der Waals surface area contributed by atoms with Crippen LogP contribution in [0.25, 0.3) is 11.0 Å². The number of hydrogen-bond donors (Lipinski definition) is 1. The molecule has 0 aromatic carbocycles. The van der Waals surface area contributed by atoms with Gasteiger partial charge in [0.05, 0.1) is 24.9 Å². The molecule has 2 aromatic heterocycles. The number of methoxy groups -OCH3 is 1. The number of halogens is 1. The zero-order valence-corrected chi connectivity index (χ0v) is 11.0. The van der Waals surface area contributed by atoms with Gasteiger partial charge in [0.1, 0.15) is 5.52 Å². The molecule has 0 saturated heterocycles. The third-order valence-corrected chi connectivity index (χ3v) is 3.89. The standard InChI is InChI=1S/C13H15FN4O2/c1-20-13(19)7-2-3-8(4-7)18-6-16-11-9(18)5-10(14)17-12(11)15/h5-8H,2-4H2,1H3,(H2,15,17)/t7-,8-/m1/s1. The maximum atomic E-state index is 13.4. The van der Waals surface area contributed by atoms with Crippen molar-refractivity contribution in [2.45, 2.75) is 25.3 Å². The summed E-state index contributed by atoms with van der Waals surface area (Å²) in [5, 5.41) is 0. The summed E-state index contributed by atoms with van der Waals surface area (Å²) in [6.45, 7) is 0. The fraction of sp³-hybridized carbons (Fsp3) is 0.462. The van der Waals surface area contributed by atoms with Crippen LogP contribution in [-0.2, 0) is 9.53 Å². The average molecular weight is 278 g/mol. The third kappa shape index (κ3) is 1.99. The number of aromatic nitrogens is 3. The number of nitrogen functional groups attached to an aromatic ring is 1. The van der Waals surface area contributed by atoms with Crippen LogP contribution >= 0.6 is 0 Å². The first-order valence-electron chi connectivity index (χ1n) is 6.46. The molecule has 0 amide bonds. The molecule has 2 heterocycles. The van der Waals surface area contributed by atoms with Crippen LogP contribution in [0.15, 0.2) is 12.4 Å². The van der Waals surface area contributed by atoms with E-state index in [2.05, 4.69) is 9.97 Å². The Bertz CT molecular complexity index is 670. The van der Waals surface area contributed by atoms with Crippen molar-refractivity contribution in [2.75, 3.05) is 12.8 Å². The first kappa shape index (κ1) is 12.8. The smallest absolute Gasteiger partial charge is 0.308 e. The van der Waals surface area contributed by atoms with Gasteiger partial charge in [0.2, 0.25) is 5.95 Å². The molecule has 106 valence electrons. The van der Waals surface area contributed by atoms with Gasteiger partial charge in [-0.3, -0.25) is 4.79 Å². The largest absolute Gasteiger partial charge is 0.469 e. The van der Waals surface area contributed by atoms with Gasteiger partial charge in [-0.1, -0.05) is 0 Å². The lowest BCUT2D eigenvalue weighted by molar-refractivity contribution is -0.145. The molecule has 1 aliphatic carbocycles. The summed E-state index contributed by atoms with van der Waals surface area (Å²) in [6.07, 6.45) is 3.89. The number of carbonyl (C=O) groups excluding carboxylic acids is 1. The molecule has 7 heteroatoms. The van der Waals surface area contributed by atoms with E-state index in [9.17, 15) is 9.18 Å². The lowest BCUT2D eigenvalue weighted by Crippen LogP contribution is -2.13. The molecule has 0 aliphatic heterocycles. The molecule has 0 spiro atoms. The fourth-order valence-electron chi connectivity index (χ4n) is 2.91. The Kier molecular flexibility index (Phi) is 3.04. The van der Waals surface area contributed by atoms with Gasteiger partial charge in [-0.15, -0.1) is 0 Å². The minimum absolute atomic E-state index is 0.0845. The number of nitrogens with two attached hydrogens (primary N) is 1. The number of esters is 1. The van der Waals surface area contributed by atoms with E-state index in [4.69, 9.17) is 10.5 Å². The Hall–Kier alpha value is -2.18. The average Bonchev–Trinajstić information content (AvgIpc) is 3.03. The summed E-state index contributed by atoms with van der Waals surface area (Å²) in [6, 6.07) is 1.43. The molecule has 2 aromatic rings. The van der Waals surface area contributed by atoms with Gasteiger partial charge >= 0.3 is 5.97 Å². The third-order valence-electron chi connectivity index (χ3n) is 3.89. The molecule has 0 unspecified atom stereocenters. The lowest BCUT2D eigenvalue weighted by Gasteiger charge is -2.13. The second kappa shape index (κ2) is 4.73. The van der Waals surface area contributed by atoms with Crippen LogP contribution in [0.1, 0.15) is 25.3 Å². The van der Waals surface area contributed by atoms with Crippen LogP contribution in [0.4, 0.5) is 10.2 Å². The van der Waals surface area contributed by atoms with Crippen LogP contribution in [0.5, 0.6) is 0 Å². The first-order chi connectivity index (χ1) is 9.60. The quantitative estimate of drug-likeness (QED) is 0.667. The van der Waals surface area contributed by atoms with Gasteiger partial charge < -0.3 is 15.0 Å². The van der Waals surface area contributed by atoms with E-state index in [-0.39, 0.29) is 23.7 Å². The predicted octanol–water partition coefficient (Wildman–Crippen LogP) is 1.67. The second-order valence-corrected chi connectivity index (χ2v) is 5.04. The zero-order chi connectivity index (χ0) is 14.3. The molecule has 0 radical (unpaired) electrons. The first-order valence-corrected chi connectivity index (χ1v) is 6.46. The van der Waals surface area contributed by atoms with Gasteiger partial charge in [-0.05, 0) is 19.3 Å². The Morgan fingerprint density at radius 2 is 2.35 bits per heavy atom. The molecule has 1 aliphatic rings. The van der Waals surface area contributed by atoms with Crippen molar-refractivity contribution in [3.8, 4) is 0 Å². The summed E-state index contributed by atoms with van der Waals surface area (Å²) in [7, 11) is 1.39. The summed E-state index contributed by atoms with van der Waals surface area (Å²) in [5.74, 6) is -0.837. The maximum absolute atomic E-state index is 13.4. The van der Waals surface area contributed by atoms with Gasteiger partial charge in [0, 0.05) is 12.1 Å². The Labute approximate surface area is 114 Å². The van der Waals surface area contributed by atoms with E-state index in [1.165, 1.54) is 13.2 Å². The summed E-state index contributed by atoms with van der Waals surface area (Å²) in [5.41, 5.74) is 6.77. The molecule has 20 heavy (non-hydrogen) atoms. The van der Waals surface area contributed by atoms with Crippen molar-refractivity contribution in [3.63, 3.8) is 0 Å². The minimum atomic E-state index is -0.626. The number of fused-ring (bicyclic) bond motifs is 1. The molecule has 1 saturated carbocycles. The SMILES string of the molecule is COC(=O)[C@@H]1CC[C@@H](n2cnc3c(N)nc(F)cc32)C1. The summed E-state index contributed by atoms with van der Waals surface area (Å²) < 4.78 is 20.0. The Morgan fingerprint density at radius 1 is 1.55 bits per heavy atom.